The maximum atomic E-state index is 3.70. The molecule has 1 unspecified atom stereocenters. The molecule has 1 atom stereocenters. The number of aryl methyl sites for hydroxylation is 1. The van der Waals surface area contributed by atoms with E-state index >= 15 is 0 Å². The highest BCUT2D eigenvalue weighted by Crippen LogP contribution is 2.31. The van der Waals surface area contributed by atoms with E-state index in [4.69, 9.17) is 0 Å². The molecule has 1 nitrogen and oxygen atoms in total. The third kappa shape index (κ3) is 4.99. The van der Waals surface area contributed by atoms with Crippen LogP contribution >= 0.6 is 0 Å². The molecule has 0 aliphatic carbocycles. The highest BCUT2D eigenvalue weighted by molar-refractivity contribution is 5.30. The lowest BCUT2D eigenvalue weighted by Gasteiger charge is -2.31. The van der Waals surface area contributed by atoms with Gasteiger partial charge in [0, 0.05) is 12.1 Å². The number of benzene rings is 1. The third-order valence-electron chi connectivity index (χ3n) is 4.06. The summed E-state index contributed by atoms with van der Waals surface area (Å²) in [6, 6.07) is 8.86. The van der Waals surface area contributed by atoms with Gasteiger partial charge >= 0.3 is 0 Å². The Hall–Kier alpha value is -0.820. The van der Waals surface area contributed by atoms with Gasteiger partial charge in [0.05, 0.1) is 0 Å². The minimum Gasteiger partial charge on any atom is -0.311 e. The zero-order valence-electron chi connectivity index (χ0n) is 13.6. The van der Waals surface area contributed by atoms with Gasteiger partial charge in [0.15, 0.2) is 0 Å². The number of rotatable bonds is 6. The first-order valence-electron chi connectivity index (χ1n) is 7.69. The highest BCUT2D eigenvalue weighted by Gasteiger charge is 2.23. The first-order chi connectivity index (χ1) is 8.89. The molecule has 1 aromatic rings. The molecule has 0 bridgehead atoms. The summed E-state index contributed by atoms with van der Waals surface area (Å²) < 4.78 is 0. The summed E-state index contributed by atoms with van der Waals surface area (Å²) in [4.78, 5) is 0. The lowest BCUT2D eigenvalue weighted by Crippen LogP contribution is -2.40. The van der Waals surface area contributed by atoms with Crippen molar-refractivity contribution < 1.29 is 0 Å². The van der Waals surface area contributed by atoms with Crippen molar-refractivity contribution in [2.75, 3.05) is 6.54 Å². The van der Waals surface area contributed by atoms with E-state index in [1.54, 1.807) is 0 Å². The van der Waals surface area contributed by atoms with Crippen LogP contribution < -0.4 is 5.32 Å². The lowest BCUT2D eigenvalue weighted by atomic mass is 9.80. The Morgan fingerprint density at radius 3 is 2.11 bits per heavy atom. The summed E-state index contributed by atoms with van der Waals surface area (Å²) >= 11 is 0. The molecule has 0 radical (unpaired) electrons. The number of hydrogen-bond donors (Lipinski definition) is 1. The second kappa shape index (κ2) is 7.09. The fourth-order valence-electron chi connectivity index (χ4n) is 2.81. The molecular formula is C18H31N. The molecule has 1 N–H and O–H groups in total. The molecule has 0 saturated heterocycles. The van der Waals surface area contributed by atoms with Crippen LogP contribution in [0.25, 0.3) is 0 Å². The Kier molecular flexibility index (Phi) is 6.06. The highest BCUT2D eigenvalue weighted by atomic mass is 14.9. The van der Waals surface area contributed by atoms with Gasteiger partial charge in [-0.2, -0.15) is 0 Å². The summed E-state index contributed by atoms with van der Waals surface area (Å²) in [6.45, 7) is 14.7. The Balaban J connectivity index is 2.95. The molecule has 0 fully saturated rings. The summed E-state index contributed by atoms with van der Waals surface area (Å²) in [5.74, 6) is 1.38. The van der Waals surface area contributed by atoms with Crippen molar-refractivity contribution in [2.24, 2.45) is 5.92 Å². The number of nitrogens with one attached hydrogen (secondary N) is 1. The molecule has 0 aliphatic heterocycles. The smallest absolute Gasteiger partial charge is 0.00967 e. The van der Waals surface area contributed by atoms with Crippen molar-refractivity contribution in [1.82, 2.24) is 5.32 Å². The van der Waals surface area contributed by atoms with Gasteiger partial charge in [-0.25, -0.2) is 0 Å². The van der Waals surface area contributed by atoms with E-state index in [1.165, 1.54) is 24.0 Å². The Bertz CT molecular complexity index is 372. The van der Waals surface area contributed by atoms with Crippen molar-refractivity contribution in [3.63, 3.8) is 0 Å². The maximum absolute atomic E-state index is 3.70. The molecule has 0 aromatic heterocycles. The van der Waals surface area contributed by atoms with E-state index in [2.05, 4.69) is 71.1 Å². The molecule has 0 spiro atoms. The first kappa shape index (κ1) is 16.2. The van der Waals surface area contributed by atoms with Crippen LogP contribution in [0.5, 0.6) is 0 Å². The first-order valence-corrected chi connectivity index (χ1v) is 7.69. The SMILES string of the molecule is CCC(CC)C(CNC(C)(C)C)c1ccccc1C. The molecule has 0 heterocycles. The molecule has 19 heavy (non-hydrogen) atoms. The largest absolute Gasteiger partial charge is 0.311 e. The molecular weight excluding hydrogens is 230 g/mol. The van der Waals surface area contributed by atoms with Gasteiger partial charge < -0.3 is 5.32 Å². The van der Waals surface area contributed by atoms with Crippen LogP contribution in [0.15, 0.2) is 24.3 Å². The van der Waals surface area contributed by atoms with Gasteiger partial charge in [-0.3, -0.25) is 0 Å². The molecule has 0 amide bonds. The van der Waals surface area contributed by atoms with Gasteiger partial charge in [-0.05, 0) is 50.7 Å². The van der Waals surface area contributed by atoms with E-state index < -0.39 is 0 Å². The molecule has 1 heteroatoms. The van der Waals surface area contributed by atoms with Crippen LogP contribution in [-0.4, -0.2) is 12.1 Å². The van der Waals surface area contributed by atoms with Crippen molar-refractivity contribution in [2.45, 2.75) is 65.8 Å². The lowest BCUT2D eigenvalue weighted by molar-refractivity contribution is 0.334. The van der Waals surface area contributed by atoms with Gasteiger partial charge in [0.25, 0.3) is 0 Å². The Labute approximate surface area is 119 Å². The predicted molar refractivity (Wildman–Crippen MR) is 85.7 cm³/mol. The molecule has 108 valence electrons. The second-order valence-electron chi connectivity index (χ2n) is 6.67. The quantitative estimate of drug-likeness (QED) is 0.767. The molecule has 1 aromatic carbocycles. The third-order valence-corrected chi connectivity index (χ3v) is 4.06. The van der Waals surface area contributed by atoms with Crippen LogP contribution in [0.4, 0.5) is 0 Å². The Morgan fingerprint density at radius 2 is 1.63 bits per heavy atom. The van der Waals surface area contributed by atoms with E-state index in [9.17, 15) is 0 Å². The second-order valence-corrected chi connectivity index (χ2v) is 6.67. The zero-order chi connectivity index (χ0) is 14.5. The normalized spacial score (nSPS) is 13.8. The van der Waals surface area contributed by atoms with Crippen molar-refractivity contribution in [3.8, 4) is 0 Å². The van der Waals surface area contributed by atoms with Crippen molar-refractivity contribution >= 4 is 0 Å². The molecule has 0 aliphatic rings. The van der Waals surface area contributed by atoms with E-state index in [0.29, 0.717) is 5.92 Å². The maximum Gasteiger partial charge on any atom is 0.00967 e. The summed E-state index contributed by atoms with van der Waals surface area (Å²) in [6.07, 6.45) is 2.50. The average Bonchev–Trinajstić information content (AvgIpc) is 2.34. The van der Waals surface area contributed by atoms with Crippen LogP contribution in [0, 0.1) is 12.8 Å². The molecule has 1 rings (SSSR count). The van der Waals surface area contributed by atoms with Gasteiger partial charge in [0.1, 0.15) is 0 Å². The van der Waals surface area contributed by atoms with Crippen molar-refractivity contribution in [3.05, 3.63) is 35.4 Å². The number of hydrogen-bond acceptors (Lipinski definition) is 1. The minimum absolute atomic E-state index is 0.187. The standard InChI is InChI=1S/C18H31N/c1-7-15(8-2)17(13-19-18(4,5)6)16-12-10-9-11-14(16)3/h9-12,15,17,19H,7-8,13H2,1-6H3. The summed E-state index contributed by atoms with van der Waals surface area (Å²) in [5.41, 5.74) is 3.13. The topological polar surface area (TPSA) is 12.0 Å². The predicted octanol–water partition coefficient (Wildman–Crippen LogP) is 4.90. The zero-order valence-corrected chi connectivity index (χ0v) is 13.6. The Morgan fingerprint density at radius 1 is 1.05 bits per heavy atom. The van der Waals surface area contributed by atoms with Crippen LogP contribution in [0.1, 0.15) is 64.5 Å². The summed E-state index contributed by atoms with van der Waals surface area (Å²) in [5, 5.41) is 3.70. The van der Waals surface area contributed by atoms with E-state index in [1.807, 2.05) is 0 Å². The van der Waals surface area contributed by atoms with E-state index in [-0.39, 0.29) is 5.54 Å². The van der Waals surface area contributed by atoms with Gasteiger partial charge in [0.2, 0.25) is 0 Å². The monoisotopic (exact) mass is 261 g/mol. The van der Waals surface area contributed by atoms with Gasteiger partial charge in [-0.15, -0.1) is 0 Å². The summed E-state index contributed by atoms with van der Waals surface area (Å²) in [7, 11) is 0. The van der Waals surface area contributed by atoms with Crippen LogP contribution in [0.3, 0.4) is 0 Å². The van der Waals surface area contributed by atoms with Crippen LogP contribution in [0.2, 0.25) is 0 Å². The van der Waals surface area contributed by atoms with E-state index in [0.717, 1.165) is 12.5 Å². The van der Waals surface area contributed by atoms with Crippen LogP contribution in [-0.2, 0) is 0 Å². The fraction of sp³-hybridized carbons (Fsp3) is 0.667. The fourth-order valence-corrected chi connectivity index (χ4v) is 2.81. The minimum atomic E-state index is 0.187. The van der Waals surface area contributed by atoms with Gasteiger partial charge in [-0.1, -0.05) is 51.0 Å². The average molecular weight is 261 g/mol. The van der Waals surface area contributed by atoms with Crippen molar-refractivity contribution in [1.29, 1.82) is 0 Å². The molecule has 0 saturated carbocycles.